The largest absolute Gasteiger partial charge is 0.462 e. The van der Waals surface area contributed by atoms with Gasteiger partial charge in [-0.05, 0) is 37.1 Å². The van der Waals surface area contributed by atoms with E-state index in [0.717, 1.165) is 16.7 Å². The van der Waals surface area contributed by atoms with Crippen molar-refractivity contribution in [3.63, 3.8) is 0 Å². The molecule has 0 saturated heterocycles. The van der Waals surface area contributed by atoms with Crippen molar-refractivity contribution in [3.8, 4) is 0 Å². The maximum absolute atomic E-state index is 11.7. The van der Waals surface area contributed by atoms with Gasteiger partial charge in [-0.2, -0.15) is 0 Å². The lowest BCUT2D eigenvalue weighted by molar-refractivity contribution is 0.0526. The van der Waals surface area contributed by atoms with Gasteiger partial charge in [0, 0.05) is 24.2 Å². The first kappa shape index (κ1) is 14.7. The quantitative estimate of drug-likeness (QED) is 0.873. The Morgan fingerprint density at radius 2 is 2.10 bits per heavy atom. The molecule has 0 amide bonds. The topological polar surface area (TPSA) is 78.1 Å². The van der Waals surface area contributed by atoms with E-state index in [2.05, 4.69) is 9.97 Å². The number of hydrogen-bond donors (Lipinski definition) is 1. The highest BCUT2D eigenvalue weighted by Crippen LogP contribution is 2.15. The normalized spacial score (nSPS) is 10.8. The molecule has 0 aliphatic heterocycles. The zero-order valence-electron chi connectivity index (χ0n) is 12.0. The van der Waals surface area contributed by atoms with Gasteiger partial charge in [0.15, 0.2) is 0 Å². The molecule has 2 rings (SSSR count). The number of aromatic nitrogens is 2. The predicted molar refractivity (Wildman–Crippen MR) is 82.5 cm³/mol. The van der Waals surface area contributed by atoms with Crippen LogP contribution in [-0.4, -0.2) is 22.5 Å². The number of ether oxygens (including phenoxy) is 1. The summed E-state index contributed by atoms with van der Waals surface area (Å²) >= 11 is 0. The Bertz CT molecular complexity index is 681. The van der Waals surface area contributed by atoms with Crippen LogP contribution in [0.3, 0.4) is 0 Å². The molecule has 0 aromatic carbocycles. The van der Waals surface area contributed by atoms with Crippen molar-refractivity contribution < 1.29 is 9.53 Å². The maximum Gasteiger partial charge on any atom is 0.339 e. The van der Waals surface area contributed by atoms with Crippen LogP contribution in [0.5, 0.6) is 0 Å². The molecule has 2 heterocycles. The number of pyridine rings is 2. The Balaban J connectivity index is 2.23. The van der Waals surface area contributed by atoms with Crippen molar-refractivity contribution in [1.82, 2.24) is 9.97 Å². The van der Waals surface area contributed by atoms with Gasteiger partial charge in [-0.25, -0.2) is 9.78 Å². The molecule has 108 valence electrons. The number of nitrogens with zero attached hydrogens (tertiary/aromatic N) is 2. The van der Waals surface area contributed by atoms with E-state index in [1.165, 1.54) is 6.20 Å². The van der Waals surface area contributed by atoms with Gasteiger partial charge in [0.1, 0.15) is 5.82 Å². The fourth-order valence-corrected chi connectivity index (χ4v) is 1.80. The van der Waals surface area contributed by atoms with Gasteiger partial charge >= 0.3 is 5.97 Å². The van der Waals surface area contributed by atoms with Crippen molar-refractivity contribution in [1.29, 1.82) is 0 Å². The number of aryl methyl sites for hydroxylation is 1. The SMILES string of the molecule is CCOC(=O)c1cncc(/C=C/c2cc(C)cnc2N)c1. The molecule has 0 fully saturated rings. The van der Waals surface area contributed by atoms with Crippen LogP contribution in [0.2, 0.25) is 0 Å². The van der Waals surface area contributed by atoms with Crippen LogP contribution in [0, 0.1) is 6.92 Å². The fraction of sp³-hybridized carbons (Fsp3) is 0.188. The maximum atomic E-state index is 11.7. The summed E-state index contributed by atoms with van der Waals surface area (Å²) in [5, 5.41) is 0. The number of carbonyl (C=O) groups excluding carboxylic acids is 1. The number of nitrogens with two attached hydrogens (primary N) is 1. The number of carbonyl (C=O) groups is 1. The molecule has 0 unspecified atom stereocenters. The third-order valence-corrected chi connectivity index (χ3v) is 2.81. The first-order valence-corrected chi connectivity index (χ1v) is 6.62. The fourth-order valence-electron chi connectivity index (χ4n) is 1.80. The summed E-state index contributed by atoms with van der Waals surface area (Å²) in [6.45, 7) is 4.06. The van der Waals surface area contributed by atoms with E-state index < -0.39 is 0 Å². The first-order valence-electron chi connectivity index (χ1n) is 6.62. The molecule has 5 heteroatoms. The predicted octanol–water partition coefficient (Wildman–Crippen LogP) is 2.71. The van der Waals surface area contributed by atoms with E-state index in [0.29, 0.717) is 18.0 Å². The van der Waals surface area contributed by atoms with Crippen molar-refractivity contribution in [3.05, 3.63) is 53.0 Å². The standard InChI is InChI=1S/C16H17N3O2/c1-3-21-16(20)14-7-12(9-18-10-14)4-5-13-6-11(2)8-19-15(13)17/h4-10H,3H2,1-2H3,(H2,17,19)/b5-4+. The molecule has 0 spiro atoms. The molecule has 2 aromatic heterocycles. The minimum atomic E-state index is -0.378. The van der Waals surface area contributed by atoms with Crippen LogP contribution in [0.4, 0.5) is 5.82 Å². The van der Waals surface area contributed by atoms with Crippen LogP contribution >= 0.6 is 0 Å². The molecule has 0 radical (unpaired) electrons. The van der Waals surface area contributed by atoms with E-state index in [1.807, 2.05) is 25.1 Å². The smallest absolute Gasteiger partial charge is 0.339 e. The lowest BCUT2D eigenvalue weighted by Crippen LogP contribution is -2.05. The minimum absolute atomic E-state index is 0.338. The molecule has 0 atom stereocenters. The Kier molecular flexibility index (Phi) is 4.66. The monoisotopic (exact) mass is 283 g/mol. The van der Waals surface area contributed by atoms with Crippen molar-refractivity contribution in [2.24, 2.45) is 0 Å². The molecular formula is C16H17N3O2. The van der Waals surface area contributed by atoms with Crippen LogP contribution in [0.25, 0.3) is 12.2 Å². The summed E-state index contributed by atoms with van der Waals surface area (Å²) in [5.41, 5.74) is 8.90. The van der Waals surface area contributed by atoms with Crippen LogP contribution in [0.15, 0.2) is 30.7 Å². The summed E-state index contributed by atoms with van der Waals surface area (Å²) in [6.07, 6.45) is 8.55. The number of esters is 1. The van der Waals surface area contributed by atoms with Crippen LogP contribution in [-0.2, 0) is 4.74 Å². The first-order chi connectivity index (χ1) is 10.1. The Morgan fingerprint density at radius 1 is 1.29 bits per heavy atom. The van der Waals surface area contributed by atoms with Crippen molar-refractivity contribution in [2.75, 3.05) is 12.3 Å². The molecular weight excluding hydrogens is 266 g/mol. The van der Waals surface area contributed by atoms with Gasteiger partial charge < -0.3 is 10.5 Å². The second-order valence-electron chi connectivity index (χ2n) is 4.55. The Hall–Kier alpha value is -2.69. The molecule has 0 bridgehead atoms. The van der Waals surface area contributed by atoms with E-state index >= 15 is 0 Å². The summed E-state index contributed by atoms with van der Waals surface area (Å²) < 4.78 is 4.95. The summed E-state index contributed by atoms with van der Waals surface area (Å²) in [5.74, 6) is 0.0864. The Morgan fingerprint density at radius 3 is 2.86 bits per heavy atom. The second kappa shape index (κ2) is 6.65. The number of hydrogen-bond acceptors (Lipinski definition) is 5. The van der Waals surface area contributed by atoms with E-state index in [4.69, 9.17) is 10.5 Å². The van der Waals surface area contributed by atoms with Gasteiger partial charge in [-0.15, -0.1) is 0 Å². The zero-order chi connectivity index (χ0) is 15.2. The molecule has 0 aliphatic rings. The number of anilines is 1. The van der Waals surface area contributed by atoms with Gasteiger partial charge in [-0.3, -0.25) is 4.98 Å². The lowest BCUT2D eigenvalue weighted by Gasteiger charge is -2.03. The van der Waals surface area contributed by atoms with Gasteiger partial charge in [-0.1, -0.05) is 12.2 Å². The van der Waals surface area contributed by atoms with E-state index in [-0.39, 0.29) is 5.97 Å². The molecule has 2 N–H and O–H groups in total. The molecule has 2 aromatic rings. The third kappa shape index (κ3) is 3.89. The number of nitrogen functional groups attached to an aromatic ring is 1. The highest BCUT2D eigenvalue weighted by molar-refractivity contribution is 5.90. The Labute approximate surface area is 123 Å². The van der Waals surface area contributed by atoms with Gasteiger partial charge in [0.2, 0.25) is 0 Å². The summed E-state index contributed by atoms with van der Waals surface area (Å²) in [6, 6.07) is 3.67. The molecule has 5 nitrogen and oxygen atoms in total. The third-order valence-electron chi connectivity index (χ3n) is 2.81. The van der Waals surface area contributed by atoms with Crippen LogP contribution in [0.1, 0.15) is 34.0 Å². The van der Waals surface area contributed by atoms with Crippen molar-refractivity contribution >= 4 is 23.9 Å². The van der Waals surface area contributed by atoms with Gasteiger partial charge in [0.05, 0.1) is 12.2 Å². The summed E-state index contributed by atoms with van der Waals surface area (Å²) in [7, 11) is 0. The minimum Gasteiger partial charge on any atom is -0.462 e. The van der Waals surface area contributed by atoms with Crippen molar-refractivity contribution in [2.45, 2.75) is 13.8 Å². The average Bonchev–Trinajstić information content (AvgIpc) is 2.49. The highest BCUT2D eigenvalue weighted by atomic mass is 16.5. The molecule has 21 heavy (non-hydrogen) atoms. The molecule has 0 saturated carbocycles. The summed E-state index contributed by atoms with van der Waals surface area (Å²) in [4.78, 5) is 19.8. The lowest BCUT2D eigenvalue weighted by atomic mass is 10.1. The number of rotatable bonds is 4. The van der Waals surface area contributed by atoms with Crippen LogP contribution < -0.4 is 5.73 Å². The van der Waals surface area contributed by atoms with E-state index in [9.17, 15) is 4.79 Å². The highest BCUT2D eigenvalue weighted by Gasteiger charge is 2.06. The molecule has 0 aliphatic carbocycles. The average molecular weight is 283 g/mol. The second-order valence-corrected chi connectivity index (χ2v) is 4.55. The zero-order valence-corrected chi connectivity index (χ0v) is 12.0. The van der Waals surface area contributed by atoms with Gasteiger partial charge in [0.25, 0.3) is 0 Å². The van der Waals surface area contributed by atoms with E-state index in [1.54, 1.807) is 25.4 Å².